The van der Waals surface area contributed by atoms with E-state index >= 15 is 0 Å². The Morgan fingerprint density at radius 1 is 1.18 bits per heavy atom. The fourth-order valence-corrected chi connectivity index (χ4v) is 4.56. The van der Waals surface area contributed by atoms with E-state index in [0.717, 1.165) is 11.3 Å². The van der Waals surface area contributed by atoms with Crippen molar-refractivity contribution in [1.29, 1.82) is 0 Å². The van der Waals surface area contributed by atoms with Gasteiger partial charge in [0.2, 0.25) is 0 Å². The molecule has 5 rings (SSSR count). The fraction of sp³-hybridized carbons (Fsp3) is 0.333. The first kappa shape index (κ1) is 22.5. The number of fused-ring (bicyclic) bond motifs is 1. The van der Waals surface area contributed by atoms with E-state index in [1.54, 1.807) is 36.9 Å². The molecule has 4 heterocycles. The minimum atomic E-state index is -0.549. The van der Waals surface area contributed by atoms with Crippen molar-refractivity contribution in [3.05, 3.63) is 68.7 Å². The Morgan fingerprint density at radius 2 is 1.97 bits per heavy atom. The van der Waals surface area contributed by atoms with E-state index in [4.69, 9.17) is 21.3 Å². The van der Waals surface area contributed by atoms with Gasteiger partial charge in [-0.05, 0) is 32.0 Å². The third kappa shape index (κ3) is 3.84. The molecule has 1 aliphatic rings. The number of hydrogen-bond acceptors (Lipinski definition) is 6. The Bertz CT molecular complexity index is 1480. The Balaban J connectivity index is 1.67. The number of morpholine rings is 1. The standard InChI is InChI=1S/C24H24ClFN6O2/c1-13-17(11-30(3)29-13)20-12-32(7-8-34-20)21-10-19-22(24(33)31(4)14(2)27-19)23(28-21)16-6-5-15(25)9-18(16)26/h5-6,9-11,20H,7-8,12H2,1-4H3/t20-/m1/s1. The highest BCUT2D eigenvalue weighted by Crippen LogP contribution is 2.33. The van der Waals surface area contributed by atoms with Crippen LogP contribution in [0.15, 0.2) is 35.3 Å². The number of aromatic nitrogens is 5. The van der Waals surface area contributed by atoms with Crippen LogP contribution in [0.3, 0.4) is 0 Å². The molecule has 0 saturated carbocycles. The SMILES string of the molecule is Cc1nn(C)cc1[C@H]1CN(c2cc3nc(C)n(C)c(=O)c3c(-c3ccc(Cl)cc3F)n2)CCO1. The predicted molar refractivity (Wildman–Crippen MR) is 129 cm³/mol. The number of anilines is 1. The molecular formula is C24H24ClFN6O2. The summed E-state index contributed by atoms with van der Waals surface area (Å²) in [5.74, 6) is 0.613. The molecule has 0 amide bonds. The van der Waals surface area contributed by atoms with Crippen LogP contribution in [0.1, 0.15) is 23.2 Å². The van der Waals surface area contributed by atoms with Crippen molar-refractivity contribution >= 4 is 28.3 Å². The maximum Gasteiger partial charge on any atom is 0.263 e. The average Bonchev–Trinajstić information content (AvgIpc) is 3.15. The largest absolute Gasteiger partial charge is 0.370 e. The zero-order valence-electron chi connectivity index (χ0n) is 19.3. The molecule has 34 heavy (non-hydrogen) atoms. The van der Waals surface area contributed by atoms with Gasteiger partial charge in [0.05, 0.1) is 28.9 Å². The highest BCUT2D eigenvalue weighted by atomic mass is 35.5. The van der Waals surface area contributed by atoms with Crippen molar-refractivity contribution in [2.45, 2.75) is 20.0 Å². The van der Waals surface area contributed by atoms with Gasteiger partial charge >= 0.3 is 0 Å². The summed E-state index contributed by atoms with van der Waals surface area (Å²) in [6, 6.07) is 6.14. The van der Waals surface area contributed by atoms with E-state index in [9.17, 15) is 9.18 Å². The van der Waals surface area contributed by atoms with Crippen LogP contribution in [0.2, 0.25) is 5.02 Å². The van der Waals surface area contributed by atoms with Crippen LogP contribution in [-0.2, 0) is 18.8 Å². The lowest BCUT2D eigenvalue weighted by atomic mass is 10.1. The molecule has 0 unspecified atom stereocenters. The summed E-state index contributed by atoms with van der Waals surface area (Å²) >= 11 is 5.97. The van der Waals surface area contributed by atoms with Gasteiger partial charge in [0, 0.05) is 55.6 Å². The van der Waals surface area contributed by atoms with Gasteiger partial charge in [0.1, 0.15) is 23.6 Å². The van der Waals surface area contributed by atoms with Crippen LogP contribution in [-0.4, -0.2) is 44.0 Å². The topological polar surface area (TPSA) is 78.1 Å². The lowest BCUT2D eigenvalue weighted by molar-refractivity contribution is 0.0391. The summed E-state index contributed by atoms with van der Waals surface area (Å²) in [4.78, 5) is 24.7. The Hall–Kier alpha value is -3.30. The molecule has 1 saturated heterocycles. The number of pyridine rings is 1. The quantitative estimate of drug-likeness (QED) is 0.443. The molecule has 4 aromatic rings. The predicted octanol–water partition coefficient (Wildman–Crippen LogP) is 3.72. The van der Waals surface area contributed by atoms with E-state index in [1.165, 1.54) is 10.6 Å². The molecule has 1 atom stereocenters. The summed E-state index contributed by atoms with van der Waals surface area (Å²) in [5.41, 5.74) is 2.56. The molecule has 1 aromatic carbocycles. The van der Waals surface area contributed by atoms with Crippen LogP contribution < -0.4 is 10.5 Å². The maximum absolute atomic E-state index is 15.0. The van der Waals surface area contributed by atoms with E-state index in [0.29, 0.717) is 36.9 Å². The summed E-state index contributed by atoms with van der Waals surface area (Å²) in [6.45, 7) is 5.35. The van der Waals surface area contributed by atoms with Gasteiger partial charge in [0.25, 0.3) is 5.56 Å². The zero-order valence-corrected chi connectivity index (χ0v) is 20.1. The summed E-state index contributed by atoms with van der Waals surface area (Å²) in [5, 5.41) is 4.97. The highest BCUT2D eigenvalue weighted by Gasteiger charge is 2.27. The molecule has 0 aliphatic carbocycles. The van der Waals surface area contributed by atoms with Crippen molar-refractivity contribution in [2.75, 3.05) is 24.6 Å². The smallest absolute Gasteiger partial charge is 0.263 e. The van der Waals surface area contributed by atoms with Crippen LogP contribution in [0.5, 0.6) is 0 Å². The van der Waals surface area contributed by atoms with Gasteiger partial charge in [0.15, 0.2) is 0 Å². The third-order valence-electron chi connectivity index (χ3n) is 6.25. The van der Waals surface area contributed by atoms with Crippen LogP contribution >= 0.6 is 11.6 Å². The molecule has 0 radical (unpaired) electrons. The molecule has 8 nitrogen and oxygen atoms in total. The first-order valence-electron chi connectivity index (χ1n) is 10.9. The van der Waals surface area contributed by atoms with Crippen LogP contribution in [0.4, 0.5) is 10.2 Å². The minimum absolute atomic E-state index is 0.186. The second-order valence-corrected chi connectivity index (χ2v) is 8.96. The molecular weight excluding hydrogens is 459 g/mol. The summed E-state index contributed by atoms with van der Waals surface area (Å²) < 4.78 is 24.2. The highest BCUT2D eigenvalue weighted by molar-refractivity contribution is 6.30. The number of halogens is 2. The lowest BCUT2D eigenvalue weighted by Gasteiger charge is -2.34. The molecule has 1 fully saturated rings. The molecule has 10 heteroatoms. The van der Waals surface area contributed by atoms with E-state index in [-0.39, 0.29) is 33.3 Å². The monoisotopic (exact) mass is 482 g/mol. The number of hydrogen-bond donors (Lipinski definition) is 0. The summed E-state index contributed by atoms with van der Waals surface area (Å²) in [6.07, 6.45) is 1.77. The number of ether oxygens (including phenoxy) is 1. The molecule has 0 spiro atoms. The van der Waals surface area contributed by atoms with E-state index < -0.39 is 5.82 Å². The average molecular weight is 483 g/mol. The normalized spacial score (nSPS) is 16.4. The maximum atomic E-state index is 15.0. The van der Waals surface area contributed by atoms with E-state index in [1.807, 2.05) is 20.2 Å². The molecule has 0 N–H and O–H groups in total. The third-order valence-corrected chi connectivity index (χ3v) is 6.48. The van der Waals surface area contributed by atoms with Crippen molar-refractivity contribution in [1.82, 2.24) is 24.3 Å². The van der Waals surface area contributed by atoms with Gasteiger partial charge in [-0.1, -0.05) is 11.6 Å². The second-order valence-electron chi connectivity index (χ2n) is 8.52. The van der Waals surface area contributed by atoms with Crippen molar-refractivity contribution in [3.8, 4) is 11.3 Å². The Kier molecular flexibility index (Phi) is 5.61. The Labute approximate surface area is 200 Å². The number of benzene rings is 1. The van der Waals surface area contributed by atoms with Crippen LogP contribution in [0, 0.1) is 19.7 Å². The summed E-state index contributed by atoms with van der Waals surface area (Å²) in [7, 11) is 3.52. The fourth-order valence-electron chi connectivity index (χ4n) is 4.40. The van der Waals surface area contributed by atoms with Crippen molar-refractivity contribution in [3.63, 3.8) is 0 Å². The Morgan fingerprint density at radius 3 is 2.68 bits per heavy atom. The number of rotatable bonds is 3. The first-order chi connectivity index (χ1) is 16.2. The van der Waals surface area contributed by atoms with Gasteiger partial charge < -0.3 is 9.64 Å². The van der Waals surface area contributed by atoms with Crippen molar-refractivity contribution in [2.24, 2.45) is 14.1 Å². The lowest BCUT2D eigenvalue weighted by Crippen LogP contribution is -2.39. The minimum Gasteiger partial charge on any atom is -0.370 e. The van der Waals surface area contributed by atoms with Gasteiger partial charge in [-0.15, -0.1) is 0 Å². The molecule has 3 aromatic heterocycles. The number of nitrogens with zero attached hydrogens (tertiary/aromatic N) is 6. The van der Waals surface area contributed by atoms with Gasteiger partial charge in [-0.3, -0.25) is 14.0 Å². The number of aryl methyl sites for hydroxylation is 3. The van der Waals surface area contributed by atoms with Crippen LogP contribution in [0.25, 0.3) is 22.2 Å². The molecule has 176 valence electrons. The van der Waals surface area contributed by atoms with Gasteiger partial charge in [-0.2, -0.15) is 5.10 Å². The zero-order chi connectivity index (χ0) is 24.1. The second kappa shape index (κ2) is 8.48. The molecule has 0 bridgehead atoms. The molecule has 1 aliphatic heterocycles. The van der Waals surface area contributed by atoms with Gasteiger partial charge in [-0.25, -0.2) is 14.4 Å². The van der Waals surface area contributed by atoms with Crippen molar-refractivity contribution < 1.29 is 9.13 Å². The first-order valence-corrected chi connectivity index (χ1v) is 11.3. The van der Waals surface area contributed by atoms with E-state index in [2.05, 4.69) is 15.0 Å².